The van der Waals surface area contributed by atoms with E-state index in [0.717, 1.165) is 0 Å². The van der Waals surface area contributed by atoms with E-state index in [1.165, 1.54) is 0 Å². The van der Waals surface area contributed by atoms with Gasteiger partial charge in [-0.25, -0.2) is 0 Å². The number of ether oxygens (including phenoxy) is 1. The summed E-state index contributed by atoms with van der Waals surface area (Å²) in [4.78, 5) is 15.3. The molecule has 6 heteroatoms. The lowest BCUT2D eigenvalue weighted by Gasteiger charge is -2.19. The Morgan fingerprint density at radius 1 is 1.50 bits per heavy atom. The van der Waals surface area contributed by atoms with E-state index in [1.807, 2.05) is 20.8 Å². The molecule has 1 rings (SSSR count). The molecular weight excluding hydrogens is 210 g/mol. The zero-order chi connectivity index (χ0) is 12.2. The quantitative estimate of drug-likeness (QED) is 0.767. The second kappa shape index (κ2) is 5.07. The summed E-state index contributed by atoms with van der Waals surface area (Å²) < 4.78 is 9.90. The number of carbonyl (C=O) groups is 1. The molecule has 0 bridgehead atoms. The summed E-state index contributed by atoms with van der Waals surface area (Å²) in [5.41, 5.74) is -0.457. The van der Waals surface area contributed by atoms with Crippen molar-refractivity contribution >= 4 is 5.97 Å². The number of aryl methyl sites for hydroxylation is 1. The van der Waals surface area contributed by atoms with Crippen LogP contribution in [0.4, 0.5) is 0 Å². The van der Waals surface area contributed by atoms with Crippen LogP contribution in [0.1, 0.15) is 32.5 Å². The van der Waals surface area contributed by atoms with Gasteiger partial charge < -0.3 is 9.26 Å². The molecule has 16 heavy (non-hydrogen) atoms. The standard InChI is InChI=1S/C10H17N3O3/c1-7-12-8(13-16-7)5-11-6-9(14)15-10(2,3)4/h11H,5-6H2,1-4H3. The van der Waals surface area contributed by atoms with Gasteiger partial charge in [0, 0.05) is 6.92 Å². The molecule has 0 aliphatic rings. The summed E-state index contributed by atoms with van der Waals surface area (Å²) in [6, 6.07) is 0. The fourth-order valence-electron chi connectivity index (χ4n) is 1.07. The highest BCUT2D eigenvalue weighted by molar-refractivity contribution is 5.72. The topological polar surface area (TPSA) is 77.2 Å². The van der Waals surface area contributed by atoms with E-state index >= 15 is 0 Å². The van der Waals surface area contributed by atoms with Crippen molar-refractivity contribution in [3.8, 4) is 0 Å². The van der Waals surface area contributed by atoms with Crippen molar-refractivity contribution in [1.82, 2.24) is 15.5 Å². The highest BCUT2D eigenvalue weighted by Gasteiger charge is 2.15. The summed E-state index contributed by atoms with van der Waals surface area (Å²) in [5, 5.41) is 6.56. The predicted molar refractivity (Wildman–Crippen MR) is 56.6 cm³/mol. The number of hydrogen-bond acceptors (Lipinski definition) is 6. The van der Waals surface area contributed by atoms with Gasteiger partial charge in [-0.3, -0.25) is 10.1 Å². The number of aromatic nitrogens is 2. The molecule has 1 N–H and O–H groups in total. The Kier molecular flexibility index (Phi) is 4.00. The molecule has 1 heterocycles. The highest BCUT2D eigenvalue weighted by Crippen LogP contribution is 2.06. The zero-order valence-electron chi connectivity index (χ0n) is 10.0. The van der Waals surface area contributed by atoms with Gasteiger partial charge in [-0.1, -0.05) is 5.16 Å². The van der Waals surface area contributed by atoms with Crippen molar-refractivity contribution in [3.63, 3.8) is 0 Å². The van der Waals surface area contributed by atoms with Gasteiger partial charge in [0.15, 0.2) is 5.82 Å². The monoisotopic (exact) mass is 227 g/mol. The number of carbonyl (C=O) groups excluding carboxylic acids is 1. The van der Waals surface area contributed by atoms with E-state index in [2.05, 4.69) is 15.5 Å². The Morgan fingerprint density at radius 3 is 2.69 bits per heavy atom. The van der Waals surface area contributed by atoms with Crippen molar-refractivity contribution in [2.45, 2.75) is 39.8 Å². The number of nitrogens with zero attached hydrogens (tertiary/aromatic N) is 2. The third-order valence-corrected chi connectivity index (χ3v) is 1.54. The third kappa shape index (κ3) is 4.88. The Hall–Kier alpha value is -1.43. The van der Waals surface area contributed by atoms with E-state index in [9.17, 15) is 4.79 Å². The van der Waals surface area contributed by atoms with Crippen molar-refractivity contribution in [3.05, 3.63) is 11.7 Å². The first-order chi connectivity index (χ1) is 7.37. The lowest BCUT2D eigenvalue weighted by atomic mass is 10.2. The Bertz CT molecular complexity index is 354. The Morgan fingerprint density at radius 2 is 2.19 bits per heavy atom. The van der Waals surface area contributed by atoms with E-state index in [4.69, 9.17) is 9.26 Å². The van der Waals surface area contributed by atoms with Crippen LogP contribution >= 0.6 is 0 Å². The van der Waals surface area contributed by atoms with Gasteiger partial charge >= 0.3 is 5.97 Å². The van der Waals surface area contributed by atoms with Gasteiger partial charge in [-0.15, -0.1) is 0 Å². The van der Waals surface area contributed by atoms with Crippen molar-refractivity contribution in [2.75, 3.05) is 6.54 Å². The van der Waals surface area contributed by atoms with E-state index < -0.39 is 5.60 Å². The Balaban J connectivity index is 2.23. The maximum absolute atomic E-state index is 11.3. The van der Waals surface area contributed by atoms with Gasteiger partial charge in [0.25, 0.3) is 0 Å². The Labute approximate surface area is 94.4 Å². The smallest absolute Gasteiger partial charge is 0.320 e. The molecule has 1 aromatic rings. The normalized spacial score (nSPS) is 11.5. The lowest BCUT2D eigenvalue weighted by Crippen LogP contribution is -2.31. The fraction of sp³-hybridized carbons (Fsp3) is 0.700. The van der Waals surface area contributed by atoms with Crippen molar-refractivity contribution in [1.29, 1.82) is 0 Å². The predicted octanol–water partition coefficient (Wildman–Crippen LogP) is 0.809. The first kappa shape index (κ1) is 12.6. The van der Waals surface area contributed by atoms with Crippen LogP contribution in [0.3, 0.4) is 0 Å². The van der Waals surface area contributed by atoms with Crippen LogP contribution in [0.5, 0.6) is 0 Å². The van der Waals surface area contributed by atoms with Crippen molar-refractivity contribution < 1.29 is 14.1 Å². The van der Waals surface area contributed by atoms with Crippen LogP contribution in [0.2, 0.25) is 0 Å². The van der Waals surface area contributed by atoms with Crippen LogP contribution in [0.25, 0.3) is 0 Å². The third-order valence-electron chi connectivity index (χ3n) is 1.54. The molecule has 0 saturated heterocycles. The van der Waals surface area contributed by atoms with Gasteiger partial charge in [-0.2, -0.15) is 4.98 Å². The van der Waals surface area contributed by atoms with E-state index in [1.54, 1.807) is 6.92 Å². The van der Waals surface area contributed by atoms with Crippen LogP contribution in [-0.4, -0.2) is 28.3 Å². The molecule has 0 radical (unpaired) electrons. The molecule has 0 amide bonds. The maximum Gasteiger partial charge on any atom is 0.320 e. The lowest BCUT2D eigenvalue weighted by molar-refractivity contribution is -0.153. The summed E-state index contributed by atoms with van der Waals surface area (Å²) in [7, 11) is 0. The average molecular weight is 227 g/mol. The molecule has 0 aliphatic carbocycles. The minimum Gasteiger partial charge on any atom is -0.459 e. The molecule has 0 saturated carbocycles. The molecule has 1 aromatic heterocycles. The first-order valence-corrected chi connectivity index (χ1v) is 5.08. The molecule has 90 valence electrons. The molecule has 0 aromatic carbocycles. The summed E-state index contributed by atoms with van der Waals surface area (Å²) in [6.07, 6.45) is 0. The maximum atomic E-state index is 11.3. The second-order valence-corrected chi connectivity index (χ2v) is 4.42. The van der Waals surface area contributed by atoms with E-state index in [-0.39, 0.29) is 12.5 Å². The molecular formula is C10H17N3O3. The van der Waals surface area contributed by atoms with Crippen LogP contribution in [-0.2, 0) is 16.1 Å². The minimum atomic E-state index is -0.457. The van der Waals surface area contributed by atoms with Crippen LogP contribution < -0.4 is 5.32 Å². The first-order valence-electron chi connectivity index (χ1n) is 5.08. The van der Waals surface area contributed by atoms with Gasteiger partial charge in [0.2, 0.25) is 5.89 Å². The SMILES string of the molecule is Cc1nc(CNCC(=O)OC(C)(C)C)no1. The van der Waals surface area contributed by atoms with Gasteiger partial charge in [0.1, 0.15) is 5.60 Å². The fourth-order valence-corrected chi connectivity index (χ4v) is 1.07. The molecule has 0 aliphatic heterocycles. The van der Waals surface area contributed by atoms with Crippen LogP contribution in [0, 0.1) is 6.92 Å². The van der Waals surface area contributed by atoms with Gasteiger partial charge in [-0.05, 0) is 20.8 Å². The number of nitrogens with one attached hydrogen (secondary N) is 1. The van der Waals surface area contributed by atoms with Crippen molar-refractivity contribution in [2.24, 2.45) is 0 Å². The zero-order valence-corrected chi connectivity index (χ0v) is 10.0. The van der Waals surface area contributed by atoms with E-state index in [0.29, 0.717) is 18.3 Å². The summed E-state index contributed by atoms with van der Waals surface area (Å²) in [6.45, 7) is 7.71. The minimum absolute atomic E-state index is 0.130. The molecule has 0 atom stereocenters. The number of rotatable bonds is 4. The van der Waals surface area contributed by atoms with Gasteiger partial charge in [0.05, 0.1) is 13.1 Å². The number of esters is 1. The second-order valence-electron chi connectivity index (χ2n) is 4.42. The molecule has 6 nitrogen and oxygen atoms in total. The molecule has 0 spiro atoms. The average Bonchev–Trinajstić information content (AvgIpc) is 2.48. The highest BCUT2D eigenvalue weighted by atomic mass is 16.6. The summed E-state index contributed by atoms with van der Waals surface area (Å²) in [5.74, 6) is 0.739. The summed E-state index contributed by atoms with van der Waals surface area (Å²) >= 11 is 0. The molecule has 0 fully saturated rings. The van der Waals surface area contributed by atoms with Crippen LogP contribution in [0.15, 0.2) is 4.52 Å². The molecule has 0 unspecified atom stereocenters. The largest absolute Gasteiger partial charge is 0.459 e. The number of hydrogen-bond donors (Lipinski definition) is 1.